The molecule has 0 spiro atoms. The Balaban J connectivity index is 3.01. The second kappa shape index (κ2) is 16.9. The van der Waals surface area contributed by atoms with Crippen molar-refractivity contribution >= 4 is 15.4 Å². The van der Waals surface area contributed by atoms with Crippen molar-refractivity contribution in [3.05, 3.63) is 0 Å². The number of esters is 1. The van der Waals surface area contributed by atoms with Gasteiger partial charge in [-0.3, -0.25) is 0 Å². The van der Waals surface area contributed by atoms with Gasteiger partial charge in [0.05, 0.1) is 6.61 Å². The number of carbonyl (C=O) groups excluding carboxylic acids is 1. The van der Waals surface area contributed by atoms with Crippen molar-refractivity contribution in [2.24, 2.45) is 0 Å². The summed E-state index contributed by atoms with van der Waals surface area (Å²) < 4.78 is 9.61. The van der Waals surface area contributed by atoms with E-state index in [4.69, 9.17) is 4.74 Å². The van der Waals surface area contributed by atoms with Gasteiger partial charge in [-0.15, -0.1) is 0 Å². The summed E-state index contributed by atoms with van der Waals surface area (Å²) in [5, 5.41) is 0. The minimum atomic E-state index is -0.275. The molecule has 0 aromatic heterocycles. The zero-order chi connectivity index (χ0) is 14.9. The molecule has 0 aliphatic carbocycles. The fourth-order valence-corrected chi connectivity index (χ4v) is 2.37. The zero-order valence-corrected chi connectivity index (χ0v) is 14.4. The number of ether oxygens (including phenoxy) is 1. The van der Waals surface area contributed by atoms with Crippen molar-refractivity contribution in [2.75, 3.05) is 13.2 Å². The second-order valence-corrected chi connectivity index (χ2v) is 5.75. The SMILES string of the molecule is CCCCCCCCCCCCCCOC(=O)COP. The van der Waals surface area contributed by atoms with Gasteiger partial charge in [-0.2, -0.15) is 0 Å². The Morgan fingerprint density at radius 3 is 1.70 bits per heavy atom. The molecule has 0 radical (unpaired) electrons. The maximum absolute atomic E-state index is 11.0. The van der Waals surface area contributed by atoms with Crippen molar-refractivity contribution < 1.29 is 14.1 Å². The molecule has 120 valence electrons. The highest BCUT2D eigenvalue weighted by Crippen LogP contribution is 2.11. The Kier molecular flexibility index (Phi) is 16.8. The Bertz CT molecular complexity index is 210. The standard InChI is InChI=1S/C16H33O3P/c1-2-3-4-5-6-7-8-9-10-11-12-13-14-18-16(17)15-19-20/h2-15,20H2,1H3. The van der Waals surface area contributed by atoms with Crippen LogP contribution in [0.3, 0.4) is 0 Å². The summed E-state index contributed by atoms with van der Waals surface area (Å²) in [6.07, 6.45) is 15.8. The lowest BCUT2D eigenvalue weighted by atomic mass is 10.1. The number of carbonyl (C=O) groups is 1. The van der Waals surface area contributed by atoms with Crippen molar-refractivity contribution in [1.29, 1.82) is 0 Å². The Hall–Kier alpha value is -0.140. The van der Waals surface area contributed by atoms with Gasteiger partial charge in [0, 0.05) is 9.47 Å². The van der Waals surface area contributed by atoms with Crippen LogP contribution in [-0.4, -0.2) is 19.2 Å². The quantitative estimate of drug-likeness (QED) is 0.242. The first kappa shape index (κ1) is 19.9. The topological polar surface area (TPSA) is 35.5 Å². The summed E-state index contributed by atoms with van der Waals surface area (Å²) in [5.74, 6) is -0.275. The summed E-state index contributed by atoms with van der Waals surface area (Å²) in [4.78, 5) is 11.0. The predicted molar refractivity (Wildman–Crippen MR) is 87.7 cm³/mol. The highest BCUT2D eigenvalue weighted by molar-refractivity contribution is 7.09. The monoisotopic (exact) mass is 304 g/mol. The van der Waals surface area contributed by atoms with Gasteiger partial charge in [-0.25, -0.2) is 4.79 Å². The molecule has 1 unspecified atom stereocenters. The Morgan fingerprint density at radius 1 is 0.800 bits per heavy atom. The van der Waals surface area contributed by atoms with E-state index in [9.17, 15) is 4.79 Å². The fraction of sp³-hybridized carbons (Fsp3) is 0.938. The van der Waals surface area contributed by atoms with Crippen LogP contribution in [0, 0.1) is 0 Å². The number of unbranched alkanes of at least 4 members (excludes halogenated alkanes) is 11. The van der Waals surface area contributed by atoms with Gasteiger partial charge in [-0.1, -0.05) is 77.6 Å². The van der Waals surface area contributed by atoms with E-state index < -0.39 is 0 Å². The first-order valence-corrected chi connectivity index (χ1v) is 8.75. The number of hydrogen-bond donors (Lipinski definition) is 0. The number of rotatable bonds is 15. The normalized spacial score (nSPS) is 10.7. The lowest BCUT2D eigenvalue weighted by molar-refractivity contribution is -0.145. The van der Waals surface area contributed by atoms with Crippen molar-refractivity contribution in [2.45, 2.75) is 84.0 Å². The first-order valence-electron chi connectivity index (χ1n) is 8.28. The third-order valence-electron chi connectivity index (χ3n) is 3.46. The molecule has 0 saturated carbocycles. The van der Waals surface area contributed by atoms with Crippen molar-refractivity contribution in [1.82, 2.24) is 0 Å². The maximum Gasteiger partial charge on any atom is 0.332 e. The molecule has 0 rings (SSSR count). The van der Waals surface area contributed by atoms with E-state index in [1.54, 1.807) is 0 Å². The molecule has 4 heteroatoms. The molecule has 0 heterocycles. The van der Waals surface area contributed by atoms with Gasteiger partial charge >= 0.3 is 5.97 Å². The zero-order valence-electron chi connectivity index (χ0n) is 13.2. The van der Waals surface area contributed by atoms with E-state index in [2.05, 4.69) is 11.4 Å². The third kappa shape index (κ3) is 15.9. The average Bonchev–Trinajstić information content (AvgIpc) is 2.44. The fourth-order valence-electron chi connectivity index (χ4n) is 2.24. The summed E-state index contributed by atoms with van der Waals surface area (Å²) in [5.41, 5.74) is 0. The van der Waals surface area contributed by atoms with Gasteiger partial charge in [0.2, 0.25) is 0 Å². The van der Waals surface area contributed by atoms with E-state index in [1.807, 2.05) is 9.47 Å². The molecule has 0 aliphatic rings. The third-order valence-corrected chi connectivity index (χ3v) is 3.63. The summed E-state index contributed by atoms with van der Waals surface area (Å²) in [7, 11) is 2.05. The van der Waals surface area contributed by atoms with Gasteiger partial charge in [0.1, 0.15) is 6.61 Å². The summed E-state index contributed by atoms with van der Waals surface area (Å²) in [6.45, 7) is 2.82. The molecule has 3 nitrogen and oxygen atoms in total. The van der Waals surface area contributed by atoms with Gasteiger partial charge in [-0.05, 0) is 6.42 Å². The molecular formula is C16H33O3P. The van der Waals surface area contributed by atoms with E-state index >= 15 is 0 Å². The van der Waals surface area contributed by atoms with Crippen LogP contribution in [-0.2, 0) is 14.1 Å². The molecule has 0 fully saturated rings. The smallest absolute Gasteiger partial charge is 0.332 e. The lowest BCUT2D eigenvalue weighted by Gasteiger charge is -2.04. The molecule has 0 saturated heterocycles. The van der Waals surface area contributed by atoms with Crippen LogP contribution < -0.4 is 0 Å². The maximum atomic E-state index is 11.0. The van der Waals surface area contributed by atoms with Crippen LogP contribution in [0.15, 0.2) is 0 Å². The minimum Gasteiger partial charge on any atom is -0.464 e. The molecule has 0 bridgehead atoms. The van der Waals surface area contributed by atoms with Crippen LogP contribution in [0.1, 0.15) is 84.0 Å². The van der Waals surface area contributed by atoms with Gasteiger partial charge in [0.25, 0.3) is 0 Å². The van der Waals surface area contributed by atoms with Crippen LogP contribution in [0.4, 0.5) is 0 Å². The van der Waals surface area contributed by atoms with Crippen LogP contribution in [0.5, 0.6) is 0 Å². The van der Waals surface area contributed by atoms with Crippen molar-refractivity contribution in [3.63, 3.8) is 0 Å². The van der Waals surface area contributed by atoms with Gasteiger partial charge < -0.3 is 9.26 Å². The van der Waals surface area contributed by atoms with Crippen molar-refractivity contribution in [3.8, 4) is 0 Å². The Labute approximate surface area is 127 Å². The highest BCUT2D eigenvalue weighted by atomic mass is 31.0. The molecule has 0 aromatic rings. The first-order chi connectivity index (χ1) is 9.81. The van der Waals surface area contributed by atoms with Crippen LogP contribution >= 0.6 is 9.47 Å². The summed E-state index contributed by atoms with van der Waals surface area (Å²) >= 11 is 0. The molecule has 20 heavy (non-hydrogen) atoms. The lowest BCUT2D eigenvalue weighted by Crippen LogP contribution is -2.10. The minimum absolute atomic E-state index is 0.0307. The second-order valence-electron chi connectivity index (χ2n) is 5.42. The Morgan fingerprint density at radius 2 is 1.25 bits per heavy atom. The van der Waals surface area contributed by atoms with E-state index in [-0.39, 0.29) is 12.6 Å². The van der Waals surface area contributed by atoms with Crippen LogP contribution in [0.25, 0.3) is 0 Å². The molecule has 0 amide bonds. The average molecular weight is 304 g/mol. The van der Waals surface area contributed by atoms with E-state index in [0.29, 0.717) is 6.61 Å². The van der Waals surface area contributed by atoms with Gasteiger partial charge in [0.15, 0.2) is 0 Å². The highest BCUT2D eigenvalue weighted by Gasteiger charge is 2.00. The summed E-state index contributed by atoms with van der Waals surface area (Å²) in [6, 6.07) is 0. The van der Waals surface area contributed by atoms with E-state index in [0.717, 1.165) is 12.8 Å². The predicted octanol–water partition coefficient (Wildman–Crippen LogP) is 5.04. The largest absolute Gasteiger partial charge is 0.464 e. The van der Waals surface area contributed by atoms with Crippen LogP contribution in [0.2, 0.25) is 0 Å². The number of hydrogen-bond acceptors (Lipinski definition) is 3. The van der Waals surface area contributed by atoms with E-state index in [1.165, 1.54) is 64.2 Å². The molecule has 0 aliphatic heterocycles. The molecule has 0 aromatic carbocycles. The molecule has 0 N–H and O–H groups in total. The molecular weight excluding hydrogens is 271 g/mol. The molecule has 1 atom stereocenters.